The first-order chi connectivity index (χ1) is 23.5. The van der Waals surface area contributed by atoms with Crippen LogP contribution in [0.3, 0.4) is 0 Å². The van der Waals surface area contributed by atoms with Gasteiger partial charge in [-0.05, 0) is 72.6 Å². The Balaban J connectivity index is 1.18. The number of rotatable bonds is 12. The molecular weight excluding hydrogens is 618 g/mol. The molecule has 8 atom stereocenters. The average molecular weight is 670 g/mol. The molecule has 9 nitrogen and oxygen atoms in total. The molecule has 49 heavy (non-hydrogen) atoms. The van der Waals surface area contributed by atoms with Crippen molar-refractivity contribution in [1.82, 2.24) is 15.7 Å². The lowest BCUT2D eigenvalue weighted by atomic mass is 9.45. The molecule has 0 unspecified atom stereocenters. The predicted octanol–water partition coefficient (Wildman–Crippen LogP) is 5.00. The highest BCUT2D eigenvalue weighted by atomic mass is 16.7. The lowest BCUT2D eigenvalue weighted by Gasteiger charge is -2.62. The molecule has 3 saturated carbocycles. The van der Waals surface area contributed by atoms with Crippen molar-refractivity contribution >= 4 is 11.8 Å². The standard InChI is InChI=1S/C40H51N3O6/c1-24-32-20-30(40(32,3)4)21-33(24)42-39(47)36-35(25(2)45)34(23-44)49-43(36)22-29-12-9-13-31(37(29)48-5)27-14-16-28(17-15-27)38(46)41-19-18-26-10-7-6-8-11-26/h6-17,24-25,30,32-36,44-45H,18-23H2,1-5H3,(H,41,46)(H,42,47)/t24-,25-,30+,32-,33+,34-,35+,36-/m0/s1. The number of aliphatic hydroxyl groups excluding tert-OH is 2. The van der Waals surface area contributed by atoms with Crippen LogP contribution >= 0.6 is 0 Å². The number of methoxy groups -OCH3 is 1. The third kappa shape index (κ3) is 6.99. The van der Waals surface area contributed by atoms with E-state index in [9.17, 15) is 19.8 Å². The molecule has 1 aliphatic heterocycles. The lowest BCUT2D eigenvalue weighted by molar-refractivity contribution is -0.183. The third-order valence-electron chi connectivity index (χ3n) is 11.7. The fraction of sp³-hybridized carbons (Fsp3) is 0.500. The van der Waals surface area contributed by atoms with Crippen molar-refractivity contribution in [3.05, 3.63) is 89.5 Å². The number of carbonyl (C=O) groups excluding carboxylic acids is 2. The summed E-state index contributed by atoms with van der Waals surface area (Å²) in [6.07, 6.45) is 1.30. The molecular formula is C40H51N3O6. The number of hydrogen-bond acceptors (Lipinski definition) is 7. The van der Waals surface area contributed by atoms with Crippen LogP contribution in [-0.4, -0.2) is 71.6 Å². The molecule has 2 amide bonds. The Labute approximate surface area is 290 Å². The van der Waals surface area contributed by atoms with Gasteiger partial charge in [0.25, 0.3) is 5.91 Å². The summed E-state index contributed by atoms with van der Waals surface area (Å²) in [5, 5.41) is 29.0. The molecule has 4 fully saturated rings. The summed E-state index contributed by atoms with van der Waals surface area (Å²) in [6, 6.07) is 22.5. The van der Waals surface area contributed by atoms with Crippen LogP contribution in [-0.2, 0) is 22.6 Å². The summed E-state index contributed by atoms with van der Waals surface area (Å²) in [4.78, 5) is 33.1. The smallest absolute Gasteiger partial charge is 0.251 e. The highest BCUT2D eigenvalue weighted by Crippen LogP contribution is 2.61. The Hall–Kier alpha value is -3.76. The summed E-state index contributed by atoms with van der Waals surface area (Å²) in [7, 11) is 1.61. The van der Waals surface area contributed by atoms with E-state index in [-0.39, 0.29) is 31.0 Å². The number of nitrogens with one attached hydrogen (secondary N) is 2. The molecule has 2 bridgehead atoms. The summed E-state index contributed by atoms with van der Waals surface area (Å²) in [6.45, 7) is 8.98. The van der Waals surface area contributed by atoms with Gasteiger partial charge in [0.2, 0.25) is 5.91 Å². The van der Waals surface area contributed by atoms with Crippen molar-refractivity contribution in [2.75, 3.05) is 20.3 Å². The molecule has 4 aliphatic rings. The van der Waals surface area contributed by atoms with Gasteiger partial charge in [-0.1, -0.05) is 81.4 Å². The van der Waals surface area contributed by atoms with Gasteiger partial charge in [0.1, 0.15) is 17.9 Å². The Morgan fingerprint density at radius 1 is 1.04 bits per heavy atom. The second kappa shape index (κ2) is 14.6. The fourth-order valence-corrected chi connectivity index (χ4v) is 8.70. The second-order valence-electron chi connectivity index (χ2n) is 14.8. The van der Waals surface area contributed by atoms with Gasteiger partial charge < -0.3 is 25.6 Å². The number of benzene rings is 3. The largest absolute Gasteiger partial charge is 0.496 e. The quantitative estimate of drug-likeness (QED) is 0.215. The maximum atomic E-state index is 14.1. The van der Waals surface area contributed by atoms with Crippen LogP contribution in [0, 0.1) is 29.1 Å². The van der Waals surface area contributed by atoms with Crippen LogP contribution < -0.4 is 15.4 Å². The van der Waals surface area contributed by atoms with E-state index in [1.165, 1.54) is 12.0 Å². The van der Waals surface area contributed by atoms with Gasteiger partial charge >= 0.3 is 0 Å². The van der Waals surface area contributed by atoms with Gasteiger partial charge in [-0.25, -0.2) is 0 Å². The minimum Gasteiger partial charge on any atom is -0.496 e. The Kier molecular flexibility index (Phi) is 10.5. The first kappa shape index (κ1) is 35.1. The molecule has 3 aromatic rings. The predicted molar refractivity (Wildman–Crippen MR) is 188 cm³/mol. The van der Waals surface area contributed by atoms with Gasteiger partial charge in [-0.15, -0.1) is 0 Å². The third-order valence-corrected chi connectivity index (χ3v) is 11.7. The summed E-state index contributed by atoms with van der Waals surface area (Å²) in [5.74, 6) is 1.19. The maximum Gasteiger partial charge on any atom is 0.251 e. The minimum atomic E-state index is -0.878. The lowest BCUT2D eigenvalue weighted by Crippen LogP contribution is -2.62. The maximum absolute atomic E-state index is 14.1. The Morgan fingerprint density at radius 3 is 2.41 bits per heavy atom. The number of hydroxylamine groups is 2. The van der Waals surface area contributed by atoms with E-state index in [0.29, 0.717) is 41.0 Å². The van der Waals surface area contributed by atoms with Crippen LogP contribution in [0.25, 0.3) is 11.1 Å². The molecule has 9 heteroatoms. The van der Waals surface area contributed by atoms with E-state index < -0.39 is 24.2 Å². The topological polar surface area (TPSA) is 120 Å². The van der Waals surface area contributed by atoms with Crippen LogP contribution in [0.4, 0.5) is 0 Å². The first-order valence-corrected chi connectivity index (χ1v) is 17.6. The molecule has 262 valence electrons. The zero-order valence-electron chi connectivity index (χ0n) is 29.3. The highest BCUT2D eigenvalue weighted by molar-refractivity contribution is 5.94. The SMILES string of the molecule is COc1c(CN2O[C@@H](CO)[C@@H]([C@H](C)O)[C@H]2C(=O)N[C@@H]2C[C@H]3C[C@@H]([C@@H]2C)C3(C)C)cccc1-c1ccc(C(=O)NCCc2ccccc2)cc1. The van der Waals surface area contributed by atoms with E-state index >= 15 is 0 Å². The van der Waals surface area contributed by atoms with Crippen molar-refractivity contribution < 1.29 is 29.4 Å². The minimum absolute atomic E-state index is 0.0562. The number of hydrogen-bond donors (Lipinski definition) is 4. The van der Waals surface area contributed by atoms with Gasteiger partial charge in [-0.2, -0.15) is 5.06 Å². The zero-order valence-corrected chi connectivity index (χ0v) is 29.3. The molecule has 0 radical (unpaired) electrons. The number of fused-ring (bicyclic) bond motifs is 2. The van der Waals surface area contributed by atoms with Crippen LogP contribution in [0.1, 0.15) is 62.0 Å². The number of carbonyl (C=O) groups is 2. The van der Waals surface area contributed by atoms with Crippen molar-refractivity contribution in [3.8, 4) is 16.9 Å². The number of para-hydroxylation sites is 1. The number of aliphatic hydroxyl groups is 2. The summed E-state index contributed by atoms with van der Waals surface area (Å²) >= 11 is 0. The fourth-order valence-electron chi connectivity index (χ4n) is 8.70. The molecule has 3 aliphatic carbocycles. The Bertz CT molecular complexity index is 1610. The summed E-state index contributed by atoms with van der Waals surface area (Å²) in [5.41, 5.74) is 4.53. The van der Waals surface area contributed by atoms with Crippen molar-refractivity contribution in [2.45, 2.75) is 77.8 Å². The monoisotopic (exact) mass is 669 g/mol. The van der Waals surface area contributed by atoms with Gasteiger partial charge in [-0.3, -0.25) is 14.4 Å². The second-order valence-corrected chi connectivity index (χ2v) is 14.8. The van der Waals surface area contributed by atoms with Gasteiger partial charge in [0.15, 0.2) is 0 Å². The molecule has 4 N–H and O–H groups in total. The van der Waals surface area contributed by atoms with Crippen molar-refractivity contribution in [2.24, 2.45) is 29.1 Å². The van der Waals surface area contributed by atoms with E-state index in [0.717, 1.165) is 29.5 Å². The normalized spacial score (nSPS) is 27.9. The zero-order chi connectivity index (χ0) is 34.9. The molecule has 7 rings (SSSR count). The van der Waals surface area contributed by atoms with Gasteiger partial charge in [0.05, 0.1) is 26.4 Å². The number of amides is 2. The molecule has 3 aromatic carbocycles. The van der Waals surface area contributed by atoms with Crippen molar-refractivity contribution in [3.63, 3.8) is 0 Å². The molecule has 0 aromatic heterocycles. The van der Waals surface area contributed by atoms with E-state index in [4.69, 9.17) is 9.57 Å². The van der Waals surface area contributed by atoms with Gasteiger partial charge in [0, 0.05) is 35.2 Å². The van der Waals surface area contributed by atoms with Crippen LogP contribution in [0.2, 0.25) is 0 Å². The van der Waals surface area contributed by atoms with E-state index in [1.807, 2.05) is 60.7 Å². The van der Waals surface area contributed by atoms with Crippen molar-refractivity contribution in [1.29, 1.82) is 0 Å². The molecule has 0 spiro atoms. The molecule has 1 saturated heterocycles. The highest BCUT2D eigenvalue weighted by Gasteiger charge is 2.57. The molecule has 1 heterocycles. The first-order valence-electron chi connectivity index (χ1n) is 17.6. The van der Waals surface area contributed by atoms with Crippen LogP contribution in [0.15, 0.2) is 72.8 Å². The number of ether oxygens (including phenoxy) is 1. The van der Waals surface area contributed by atoms with E-state index in [1.54, 1.807) is 31.2 Å². The number of nitrogens with zero attached hydrogens (tertiary/aromatic N) is 1. The summed E-state index contributed by atoms with van der Waals surface area (Å²) < 4.78 is 5.95. The average Bonchev–Trinajstić information content (AvgIpc) is 3.48. The Morgan fingerprint density at radius 2 is 1.78 bits per heavy atom. The van der Waals surface area contributed by atoms with Crippen LogP contribution in [0.5, 0.6) is 5.75 Å². The van der Waals surface area contributed by atoms with E-state index in [2.05, 4.69) is 31.4 Å².